The van der Waals surface area contributed by atoms with E-state index < -0.39 is 14.1 Å². The molecule has 2 heterocycles. The fourth-order valence-electron chi connectivity index (χ4n) is 4.74. The van der Waals surface area contributed by atoms with E-state index >= 15 is 0 Å². The third kappa shape index (κ3) is 7.41. The topological polar surface area (TPSA) is 70.5 Å². The Kier molecular flexibility index (Phi) is 8.73. The average molecular weight is 540 g/mol. The van der Waals surface area contributed by atoms with Crippen molar-refractivity contribution in [1.82, 2.24) is 15.2 Å². The largest absolute Gasteiger partial charge is 0.417 e. The van der Waals surface area contributed by atoms with E-state index in [9.17, 15) is 4.79 Å². The van der Waals surface area contributed by atoms with Crippen molar-refractivity contribution in [2.24, 2.45) is 5.92 Å². The lowest BCUT2D eigenvalue weighted by Gasteiger charge is -2.41. The molecule has 0 bridgehead atoms. The fourth-order valence-corrected chi connectivity index (χ4v) is 6.30. The lowest BCUT2D eigenvalue weighted by atomic mass is 9.90. The molecule has 2 N–H and O–H groups in total. The van der Waals surface area contributed by atoms with Gasteiger partial charge in [-0.05, 0) is 80.2 Å². The molecular weight excluding hydrogens is 498 g/mol. The van der Waals surface area contributed by atoms with Gasteiger partial charge in [-0.3, -0.25) is 4.98 Å². The monoisotopic (exact) mass is 539 g/mol. The molecule has 0 amide bonds. The molecule has 1 aliphatic rings. The first kappa shape index (κ1) is 27.8. The Hall–Kier alpha value is -2.26. The van der Waals surface area contributed by atoms with Gasteiger partial charge in [-0.2, -0.15) is 0 Å². The van der Waals surface area contributed by atoms with E-state index in [1.807, 2.05) is 18.2 Å². The Bertz CT molecular complexity index is 1240. The molecule has 0 spiro atoms. The van der Waals surface area contributed by atoms with Crippen LogP contribution < -0.4 is 11.1 Å². The molecule has 1 aliphatic heterocycles. The summed E-state index contributed by atoms with van der Waals surface area (Å²) in [6.45, 7) is 15.2. The quantitative estimate of drug-likeness (QED) is 0.267. The highest BCUT2D eigenvalue weighted by Crippen LogP contribution is 2.37. The highest BCUT2D eigenvalue weighted by atomic mass is 32.1. The van der Waals surface area contributed by atoms with Gasteiger partial charge in [-0.25, -0.2) is 4.79 Å². The maximum atomic E-state index is 11.5. The van der Waals surface area contributed by atoms with Crippen LogP contribution in [-0.2, 0) is 10.8 Å². The summed E-state index contributed by atoms with van der Waals surface area (Å²) in [7, 11) is -1.97. The highest BCUT2D eigenvalue weighted by Gasteiger charge is 2.39. The van der Waals surface area contributed by atoms with E-state index in [0.717, 1.165) is 31.1 Å². The summed E-state index contributed by atoms with van der Waals surface area (Å²) in [6.07, 6.45) is 3.64. The number of oxazole rings is 1. The third-order valence-corrected chi connectivity index (χ3v) is 12.9. The molecule has 1 unspecified atom stereocenters. The lowest BCUT2D eigenvalue weighted by molar-refractivity contribution is 0.0972. The lowest BCUT2D eigenvalue weighted by Crippen LogP contribution is -2.51. The Morgan fingerprint density at radius 1 is 1.19 bits per heavy atom. The number of hydrogen-bond donors (Lipinski definition) is 2. The Labute approximate surface area is 226 Å². The number of benzene rings is 2. The molecular formula is C29H41N3O3SSi. The molecule has 1 atom stereocenters. The Balaban J connectivity index is 1.37. The number of thiocarbonyl (C=S) groups is 1. The van der Waals surface area contributed by atoms with Crippen LogP contribution in [0.3, 0.4) is 0 Å². The van der Waals surface area contributed by atoms with Gasteiger partial charge in [0.1, 0.15) is 4.99 Å². The van der Waals surface area contributed by atoms with Crippen LogP contribution in [0.4, 0.5) is 0 Å². The summed E-state index contributed by atoms with van der Waals surface area (Å²) in [5, 5.41) is 3.58. The number of hydrogen-bond acceptors (Lipinski definition) is 5. The van der Waals surface area contributed by atoms with Gasteiger partial charge in [-0.15, -0.1) is 0 Å². The number of nitrogens with zero attached hydrogens (tertiary/aromatic N) is 1. The molecule has 0 aliphatic carbocycles. The average Bonchev–Trinajstić information content (AvgIpc) is 3.22. The zero-order valence-corrected chi connectivity index (χ0v) is 24.6. The van der Waals surface area contributed by atoms with Gasteiger partial charge < -0.3 is 19.1 Å². The number of aromatic amines is 1. The van der Waals surface area contributed by atoms with Gasteiger partial charge in [-0.1, -0.05) is 63.3 Å². The van der Waals surface area contributed by atoms with E-state index in [4.69, 9.17) is 21.1 Å². The van der Waals surface area contributed by atoms with E-state index in [2.05, 4.69) is 79.4 Å². The standard InChI is InChI=1S/C29H41N3O3SSi/c1-29(2,3)37(4,5)35-24(19-30-27(36)23-11-12-25-26(18-23)34-28(33)31-25)20-32-15-13-22(14-16-32)17-21-9-7-6-8-10-21/h6-12,18,22,24H,13-17,19-20H2,1-5H3,(H,30,36)(H,31,33). The van der Waals surface area contributed by atoms with Crippen molar-refractivity contribution < 1.29 is 8.84 Å². The minimum atomic E-state index is -1.97. The smallest absolute Gasteiger partial charge is 0.411 e. The normalized spacial score (nSPS) is 16.7. The summed E-state index contributed by atoms with van der Waals surface area (Å²) in [5.41, 5.74) is 3.46. The van der Waals surface area contributed by atoms with E-state index in [-0.39, 0.29) is 11.1 Å². The first-order valence-corrected chi connectivity index (χ1v) is 16.7. The van der Waals surface area contributed by atoms with E-state index in [1.165, 1.54) is 24.8 Å². The molecule has 37 heavy (non-hydrogen) atoms. The predicted molar refractivity (Wildman–Crippen MR) is 158 cm³/mol. The van der Waals surface area contributed by atoms with Crippen LogP contribution in [0.2, 0.25) is 18.1 Å². The second-order valence-corrected chi connectivity index (χ2v) is 17.0. The van der Waals surface area contributed by atoms with Gasteiger partial charge in [0.05, 0.1) is 11.6 Å². The van der Waals surface area contributed by atoms with Crippen LogP contribution in [0.1, 0.15) is 44.7 Å². The van der Waals surface area contributed by atoms with E-state index in [1.54, 1.807) is 0 Å². The first-order chi connectivity index (χ1) is 17.5. The van der Waals surface area contributed by atoms with Gasteiger partial charge >= 0.3 is 5.76 Å². The molecule has 6 nitrogen and oxygen atoms in total. The van der Waals surface area contributed by atoms with Gasteiger partial charge in [0.25, 0.3) is 0 Å². The van der Waals surface area contributed by atoms with Crippen molar-refractivity contribution in [1.29, 1.82) is 0 Å². The molecule has 1 saturated heterocycles. The predicted octanol–water partition coefficient (Wildman–Crippen LogP) is 5.73. The van der Waals surface area contributed by atoms with Gasteiger partial charge in [0, 0.05) is 18.7 Å². The summed E-state index contributed by atoms with van der Waals surface area (Å²) in [4.78, 5) is 17.4. The molecule has 3 aromatic rings. The van der Waals surface area contributed by atoms with Crippen molar-refractivity contribution in [3.8, 4) is 0 Å². The molecule has 4 rings (SSSR count). The third-order valence-electron chi connectivity index (χ3n) is 7.98. The summed E-state index contributed by atoms with van der Waals surface area (Å²) < 4.78 is 12.1. The fraction of sp³-hybridized carbons (Fsp3) is 0.517. The SMILES string of the molecule is CC(C)(C)[Si](C)(C)OC(CNC(=S)c1ccc2[nH]c(=O)oc2c1)CN1CCC(Cc2ccccc2)CC1. The maximum absolute atomic E-state index is 11.5. The zero-order chi connectivity index (χ0) is 26.6. The summed E-state index contributed by atoms with van der Waals surface area (Å²) in [5.74, 6) is 0.286. The minimum Gasteiger partial charge on any atom is -0.411 e. The highest BCUT2D eigenvalue weighted by molar-refractivity contribution is 7.80. The number of nitrogens with one attached hydrogen (secondary N) is 2. The zero-order valence-electron chi connectivity index (χ0n) is 22.8. The van der Waals surface area contributed by atoms with Gasteiger partial charge in [0.15, 0.2) is 13.9 Å². The Morgan fingerprint density at radius 2 is 1.89 bits per heavy atom. The van der Waals surface area contributed by atoms with Crippen LogP contribution in [0.15, 0.2) is 57.7 Å². The van der Waals surface area contributed by atoms with Crippen molar-refractivity contribution in [2.45, 2.75) is 64.3 Å². The number of likely N-dealkylation sites (tertiary alicyclic amines) is 1. The van der Waals surface area contributed by atoms with Crippen molar-refractivity contribution in [3.63, 3.8) is 0 Å². The molecule has 0 radical (unpaired) electrons. The molecule has 2 aromatic carbocycles. The number of rotatable bonds is 9. The molecule has 0 saturated carbocycles. The summed E-state index contributed by atoms with van der Waals surface area (Å²) in [6, 6.07) is 16.4. The minimum absolute atomic E-state index is 0.0402. The summed E-state index contributed by atoms with van der Waals surface area (Å²) >= 11 is 5.71. The van der Waals surface area contributed by atoms with Crippen LogP contribution >= 0.6 is 12.2 Å². The van der Waals surface area contributed by atoms with Crippen molar-refractivity contribution in [3.05, 3.63) is 70.2 Å². The van der Waals surface area contributed by atoms with Crippen LogP contribution in [0.25, 0.3) is 11.1 Å². The van der Waals surface area contributed by atoms with E-state index in [0.29, 0.717) is 22.6 Å². The number of piperidine rings is 1. The number of aromatic nitrogens is 1. The molecule has 8 heteroatoms. The van der Waals surface area contributed by atoms with Gasteiger partial charge in [0.2, 0.25) is 0 Å². The maximum Gasteiger partial charge on any atom is 0.417 e. The molecule has 1 fully saturated rings. The van der Waals surface area contributed by atoms with Crippen LogP contribution in [0.5, 0.6) is 0 Å². The number of fused-ring (bicyclic) bond motifs is 1. The first-order valence-electron chi connectivity index (χ1n) is 13.4. The van der Waals surface area contributed by atoms with Crippen LogP contribution in [0, 0.1) is 5.92 Å². The second-order valence-electron chi connectivity index (χ2n) is 11.9. The second kappa shape index (κ2) is 11.6. The molecule has 1 aromatic heterocycles. The van der Waals surface area contributed by atoms with Crippen molar-refractivity contribution in [2.75, 3.05) is 26.2 Å². The van der Waals surface area contributed by atoms with Crippen LogP contribution in [-0.4, -0.2) is 55.5 Å². The number of H-pyrrole nitrogens is 1. The van der Waals surface area contributed by atoms with Crippen molar-refractivity contribution >= 4 is 36.6 Å². The molecule has 200 valence electrons. The Morgan fingerprint density at radius 3 is 2.57 bits per heavy atom.